The molecule has 1 aromatic heterocycles. The Morgan fingerprint density at radius 3 is 2.58 bits per heavy atom. The molecule has 0 unspecified atom stereocenters. The molecule has 0 aliphatic rings. The van der Waals surface area contributed by atoms with Crippen molar-refractivity contribution in [3.8, 4) is 0 Å². The standard InChI is InChI=1S/C19H24ClN3O/c1-6-22(11-13(2)3)19(24)18-14(4)21-23(15(18)5)12-16-9-7-8-10-17(16)20/h7-10H,2,6,11-12H2,1,3-5H3. The van der Waals surface area contributed by atoms with E-state index >= 15 is 0 Å². The van der Waals surface area contributed by atoms with Gasteiger partial charge in [0.25, 0.3) is 5.91 Å². The summed E-state index contributed by atoms with van der Waals surface area (Å²) in [5.74, 6) is 0.000841. The molecule has 0 spiro atoms. The van der Waals surface area contributed by atoms with E-state index in [9.17, 15) is 4.79 Å². The number of benzene rings is 1. The number of rotatable bonds is 6. The van der Waals surface area contributed by atoms with E-state index in [1.165, 1.54) is 0 Å². The summed E-state index contributed by atoms with van der Waals surface area (Å²) >= 11 is 6.24. The van der Waals surface area contributed by atoms with Crippen LogP contribution in [0.25, 0.3) is 0 Å². The van der Waals surface area contributed by atoms with Crippen LogP contribution in [0.3, 0.4) is 0 Å². The van der Waals surface area contributed by atoms with Crippen molar-refractivity contribution in [1.29, 1.82) is 0 Å². The highest BCUT2D eigenvalue weighted by molar-refractivity contribution is 6.31. The van der Waals surface area contributed by atoms with Crippen molar-refractivity contribution in [3.05, 3.63) is 64.0 Å². The van der Waals surface area contributed by atoms with E-state index in [0.29, 0.717) is 30.2 Å². The summed E-state index contributed by atoms with van der Waals surface area (Å²) in [7, 11) is 0. The van der Waals surface area contributed by atoms with Crippen molar-refractivity contribution in [2.45, 2.75) is 34.2 Å². The number of aryl methyl sites for hydroxylation is 1. The zero-order chi connectivity index (χ0) is 17.9. The van der Waals surface area contributed by atoms with Crippen LogP contribution in [-0.4, -0.2) is 33.7 Å². The van der Waals surface area contributed by atoms with Crippen LogP contribution in [0.1, 0.15) is 41.2 Å². The van der Waals surface area contributed by atoms with Gasteiger partial charge < -0.3 is 4.90 Å². The fourth-order valence-corrected chi connectivity index (χ4v) is 2.95. The second-order valence-electron chi connectivity index (χ2n) is 6.07. The molecule has 1 amide bonds. The molecule has 0 N–H and O–H groups in total. The maximum Gasteiger partial charge on any atom is 0.257 e. The van der Waals surface area contributed by atoms with E-state index in [1.54, 1.807) is 4.90 Å². The van der Waals surface area contributed by atoms with Gasteiger partial charge >= 0.3 is 0 Å². The average Bonchev–Trinajstić information content (AvgIpc) is 2.80. The number of hydrogen-bond donors (Lipinski definition) is 0. The van der Waals surface area contributed by atoms with Crippen LogP contribution in [0.4, 0.5) is 0 Å². The van der Waals surface area contributed by atoms with Crippen molar-refractivity contribution in [1.82, 2.24) is 14.7 Å². The van der Waals surface area contributed by atoms with Gasteiger partial charge in [0.2, 0.25) is 0 Å². The summed E-state index contributed by atoms with van der Waals surface area (Å²) < 4.78 is 1.85. The second-order valence-corrected chi connectivity index (χ2v) is 6.48. The van der Waals surface area contributed by atoms with Crippen molar-refractivity contribution >= 4 is 17.5 Å². The lowest BCUT2D eigenvalue weighted by Gasteiger charge is -2.21. The second kappa shape index (κ2) is 7.67. The van der Waals surface area contributed by atoms with Gasteiger partial charge in [0.1, 0.15) is 0 Å². The SMILES string of the molecule is C=C(C)CN(CC)C(=O)c1c(C)nn(Cc2ccccc2Cl)c1C. The van der Waals surface area contributed by atoms with Crippen LogP contribution < -0.4 is 0 Å². The molecule has 1 aromatic carbocycles. The van der Waals surface area contributed by atoms with Crippen LogP contribution >= 0.6 is 11.6 Å². The van der Waals surface area contributed by atoms with Gasteiger partial charge in [-0.1, -0.05) is 42.0 Å². The first-order valence-electron chi connectivity index (χ1n) is 8.06. The summed E-state index contributed by atoms with van der Waals surface area (Å²) in [6.45, 7) is 13.4. The van der Waals surface area contributed by atoms with Gasteiger partial charge in [0.15, 0.2) is 0 Å². The van der Waals surface area contributed by atoms with E-state index in [-0.39, 0.29) is 5.91 Å². The van der Waals surface area contributed by atoms with E-state index in [2.05, 4.69) is 11.7 Å². The van der Waals surface area contributed by atoms with Crippen LogP contribution in [0.2, 0.25) is 5.02 Å². The molecular weight excluding hydrogens is 322 g/mol. The first kappa shape index (κ1) is 18.3. The average molecular weight is 346 g/mol. The summed E-state index contributed by atoms with van der Waals surface area (Å²) in [6.07, 6.45) is 0. The van der Waals surface area contributed by atoms with Crippen molar-refractivity contribution in [2.24, 2.45) is 0 Å². The predicted molar refractivity (Wildman–Crippen MR) is 98.6 cm³/mol. The van der Waals surface area contributed by atoms with E-state index in [4.69, 9.17) is 11.6 Å². The molecule has 0 fully saturated rings. The summed E-state index contributed by atoms with van der Waals surface area (Å²) in [4.78, 5) is 14.7. The van der Waals surface area contributed by atoms with Gasteiger partial charge in [0, 0.05) is 23.8 Å². The van der Waals surface area contributed by atoms with E-state index in [0.717, 1.165) is 22.5 Å². The Hall–Kier alpha value is -2.07. The van der Waals surface area contributed by atoms with Crippen LogP contribution in [-0.2, 0) is 6.54 Å². The smallest absolute Gasteiger partial charge is 0.257 e. The third-order valence-electron chi connectivity index (χ3n) is 4.00. The maximum absolute atomic E-state index is 12.9. The monoisotopic (exact) mass is 345 g/mol. The lowest BCUT2D eigenvalue weighted by atomic mass is 10.1. The fraction of sp³-hybridized carbons (Fsp3) is 0.368. The molecule has 128 valence electrons. The molecule has 4 nitrogen and oxygen atoms in total. The van der Waals surface area contributed by atoms with Gasteiger partial charge in [-0.15, -0.1) is 0 Å². The normalized spacial score (nSPS) is 10.7. The van der Waals surface area contributed by atoms with Gasteiger partial charge in [-0.3, -0.25) is 9.48 Å². The third-order valence-corrected chi connectivity index (χ3v) is 4.37. The topological polar surface area (TPSA) is 38.1 Å². The van der Waals surface area contributed by atoms with Crippen LogP contribution in [0.5, 0.6) is 0 Å². The number of carbonyl (C=O) groups is 1. The minimum atomic E-state index is 0.000841. The molecule has 5 heteroatoms. The zero-order valence-corrected chi connectivity index (χ0v) is 15.5. The number of halogens is 1. The van der Waals surface area contributed by atoms with Gasteiger partial charge in [0.05, 0.1) is 17.8 Å². The highest BCUT2D eigenvalue weighted by Gasteiger charge is 2.23. The molecule has 0 radical (unpaired) electrons. The Morgan fingerprint density at radius 1 is 1.33 bits per heavy atom. The van der Waals surface area contributed by atoms with E-state index in [1.807, 2.05) is 56.6 Å². The third kappa shape index (κ3) is 3.88. The molecular formula is C19H24ClN3O. The minimum Gasteiger partial charge on any atom is -0.335 e. The van der Waals surface area contributed by atoms with Gasteiger partial charge in [-0.05, 0) is 39.3 Å². The Bertz CT molecular complexity index is 764. The Labute approximate surface area is 148 Å². The molecule has 1 heterocycles. The number of nitrogens with zero attached hydrogens (tertiary/aromatic N) is 3. The molecule has 0 aliphatic heterocycles. The summed E-state index contributed by atoms with van der Waals surface area (Å²) in [5, 5.41) is 5.26. The largest absolute Gasteiger partial charge is 0.335 e. The summed E-state index contributed by atoms with van der Waals surface area (Å²) in [6, 6.07) is 7.68. The lowest BCUT2D eigenvalue weighted by Crippen LogP contribution is -2.32. The first-order chi connectivity index (χ1) is 11.3. The molecule has 2 aromatic rings. The number of amides is 1. The minimum absolute atomic E-state index is 0.000841. The predicted octanol–water partition coefficient (Wildman–Crippen LogP) is 4.24. The Kier molecular flexibility index (Phi) is 5.84. The molecule has 0 atom stereocenters. The van der Waals surface area contributed by atoms with Crippen molar-refractivity contribution in [3.63, 3.8) is 0 Å². The first-order valence-corrected chi connectivity index (χ1v) is 8.44. The number of likely N-dealkylation sites (N-methyl/N-ethyl adjacent to an activating group) is 1. The fourth-order valence-electron chi connectivity index (χ4n) is 2.76. The molecule has 0 saturated carbocycles. The molecule has 0 bridgehead atoms. The molecule has 24 heavy (non-hydrogen) atoms. The lowest BCUT2D eigenvalue weighted by molar-refractivity contribution is 0.0776. The van der Waals surface area contributed by atoms with Crippen LogP contribution in [0.15, 0.2) is 36.4 Å². The maximum atomic E-state index is 12.9. The molecule has 0 saturated heterocycles. The Balaban J connectivity index is 2.33. The quantitative estimate of drug-likeness (QED) is 0.734. The highest BCUT2D eigenvalue weighted by atomic mass is 35.5. The van der Waals surface area contributed by atoms with E-state index < -0.39 is 0 Å². The Morgan fingerprint density at radius 2 is 2.00 bits per heavy atom. The number of aromatic nitrogens is 2. The zero-order valence-electron chi connectivity index (χ0n) is 14.8. The molecule has 2 rings (SSSR count). The summed E-state index contributed by atoms with van der Waals surface area (Å²) in [5.41, 5.74) is 4.22. The number of carbonyl (C=O) groups excluding carboxylic acids is 1. The highest BCUT2D eigenvalue weighted by Crippen LogP contribution is 2.20. The van der Waals surface area contributed by atoms with Gasteiger partial charge in [-0.25, -0.2) is 0 Å². The van der Waals surface area contributed by atoms with Gasteiger partial charge in [-0.2, -0.15) is 5.10 Å². The van der Waals surface area contributed by atoms with Crippen molar-refractivity contribution in [2.75, 3.05) is 13.1 Å². The van der Waals surface area contributed by atoms with Crippen molar-refractivity contribution < 1.29 is 4.79 Å². The number of hydrogen-bond acceptors (Lipinski definition) is 2. The van der Waals surface area contributed by atoms with Crippen LogP contribution in [0, 0.1) is 13.8 Å². The molecule has 0 aliphatic carbocycles.